The van der Waals surface area contributed by atoms with Crippen molar-refractivity contribution in [2.45, 2.75) is 50.9 Å². The van der Waals surface area contributed by atoms with Crippen molar-refractivity contribution >= 4 is 12.2 Å². The van der Waals surface area contributed by atoms with Gasteiger partial charge >= 0.3 is 0 Å². The summed E-state index contributed by atoms with van der Waals surface area (Å²) in [5.74, 6) is 1.48. The Bertz CT molecular complexity index is 422. The molecular formula is C15H27N5O. The Kier molecular flexibility index (Phi) is 5.61. The quantitative estimate of drug-likeness (QED) is 0.606. The second-order valence-electron chi connectivity index (χ2n) is 5.78. The molecular weight excluding hydrogens is 266 g/mol. The predicted molar refractivity (Wildman–Crippen MR) is 86.5 cm³/mol. The second-order valence-corrected chi connectivity index (χ2v) is 5.78. The maximum absolute atomic E-state index is 5.06. The Morgan fingerprint density at radius 2 is 2.05 bits per heavy atom. The summed E-state index contributed by atoms with van der Waals surface area (Å²) in [6, 6.07) is 1.17. The number of methoxy groups -OCH3 is 1. The number of nitrogens with one attached hydrogen (secondary N) is 2. The first-order chi connectivity index (χ1) is 10.1. The molecule has 0 aromatic rings. The van der Waals surface area contributed by atoms with E-state index in [1.807, 2.05) is 13.0 Å². The molecule has 2 rings (SSSR count). The lowest BCUT2D eigenvalue weighted by Gasteiger charge is -2.33. The van der Waals surface area contributed by atoms with Crippen molar-refractivity contribution in [3.8, 4) is 0 Å². The van der Waals surface area contributed by atoms with Gasteiger partial charge in [0.15, 0.2) is 5.88 Å². The first kappa shape index (κ1) is 15.8. The molecule has 0 aromatic carbocycles. The molecule has 21 heavy (non-hydrogen) atoms. The van der Waals surface area contributed by atoms with Crippen LogP contribution in [0.5, 0.6) is 0 Å². The van der Waals surface area contributed by atoms with E-state index in [0.717, 1.165) is 5.88 Å². The summed E-state index contributed by atoms with van der Waals surface area (Å²) in [6.45, 7) is 1.91. The number of rotatable bonds is 4. The van der Waals surface area contributed by atoms with Gasteiger partial charge in [0.1, 0.15) is 6.17 Å². The van der Waals surface area contributed by atoms with Crippen LogP contribution in [-0.4, -0.2) is 56.5 Å². The van der Waals surface area contributed by atoms with Crippen LogP contribution < -0.4 is 10.6 Å². The van der Waals surface area contributed by atoms with Crippen LogP contribution in [0.3, 0.4) is 0 Å². The van der Waals surface area contributed by atoms with Gasteiger partial charge in [-0.2, -0.15) is 0 Å². The predicted octanol–water partition coefficient (Wildman–Crippen LogP) is 1.31. The van der Waals surface area contributed by atoms with E-state index in [0.29, 0.717) is 18.0 Å². The molecule has 1 aliphatic heterocycles. The third-order valence-electron chi connectivity index (χ3n) is 4.09. The highest BCUT2D eigenvalue weighted by Gasteiger charge is 2.24. The van der Waals surface area contributed by atoms with Crippen LogP contribution in [0.15, 0.2) is 21.9 Å². The lowest BCUT2D eigenvalue weighted by atomic mass is 9.90. The number of guanidine groups is 1. The minimum atomic E-state index is -0.0377. The van der Waals surface area contributed by atoms with Gasteiger partial charge in [0, 0.05) is 24.4 Å². The van der Waals surface area contributed by atoms with Crippen LogP contribution >= 0.6 is 0 Å². The summed E-state index contributed by atoms with van der Waals surface area (Å²) in [6.07, 6.45) is 8.46. The van der Waals surface area contributed by atoms with Gasteiger partial charge in [-0.1, -0.05) is 0 Å². The Balaban J connectivity index is 1.87. The van der Waals surface area contributed by atoms with Crippen LogP contribution in [0.4, 0.5) is 0 Å². The monoisotopic (exact) mass is 293 g/mol. The van der Waals surface area contributed by atoms with E-state index in [2.05, 4.69) is 39.6 Å². The molecule has 0 amide bonds. The van der Waals surface area contributed by atoms with Gasteiger partial charge in [-0.25, -0.2) is 9.98 Å². The van der Waals surface area contributed by atoms with E-state index < -0.39 is 0 Å². The van der Waals surface area contributed by atoms with E-state index in [1.165, 1.54) is 25.7 Å². The number of nitrogens with zero attached hydrogens (tertiary/aromatic N) is 3. The highest BCUT2D eigenvalue weighted by molar-refractivity contribution is 5.87. The average Bonchev–Trinajstić information content (AvgIpc) is 2.43. The third kappa shape index (κ3) is 4.46. The molecule has 1 unspecified atom stereocenters. The Labute approximate surface area is 127 Å². The molecule has 2 aliphatic rings. The summed E-state index contributed by atoms with van der Waals surface area (Å²) in [5, 5.41) is 6.58. The summed E-state index contributed by atoms with van der Waals surface area (Å²) in [7, 11) is 5.97. The smallest absolute Gasteiger partial charge is 0.220 e. The lowest BCUT2D eigenvalue weighted by molar-refractivity contribution is 0.211. The van der Waals surface area contributed by atoms with E-state index in [4.69, 9.17) is 4.74 Å². The van der Waals surface area contributed by atoms with Gasteiger partial charge in [-0.15, -0.1) is 0 Å². The molecule has 0 aromatic heterocycles. The molecule has 1 fully saturated rings. The number of aliphatic imine (C=N–C) groups is 2. The molecule has 0 spiro atoms. The number of ether oxygens (including phenoxy) is 1. The topological polar surface area (TPSA) is 61.3 Å². The summed E-state index contributed by atoms with van der Waals surface area (Å²) in [5.41, 5.74) is 0. The van der Waals surface area contributed by atoms with E-state index >= 15 is 0 Å². The fraction of sp³-hybridized carbons (Fsp3) is 0.733. The summed E-state index contributed by atoms with van der Waals surface area (Å²) in [4.78, 5) is 11.2. The number of hydrogen-bond donors (Lipinski definition) is 2. The summed E-state index contributed by atoms with van der Waals surface area (Å²) < 4.78 is 5.06. The fourth-order valence-electron chi connectivity index (χ4n) is 2.76. The normalized spacial score (nSPS) is 29.9. The standard InChI is InChI=1S/C15H27N5O/c1-5-16-15(19-13-10-14(18-13)21-4)17-11-6-8-12(9-7-11)20(2)3/h5,10-13,18H,6-9H2,1-4H3,(H,17,19). The van der Waals surface area contributed by atoms with Crippen LogP contribution in [0, 0.1) is 0 Å². The van der Waals surface area contributed by atoms with Crippen LogP contribution in [0.1, 0.15) is 32.6 Å². The fourth-order valence-corrected chi connectivity index (χ4v) is 2.76. The molecule has 0 saturated heterocycles. The zero-order valence-corrected chi connectivity index (χ0v) is 13.5. The molecule has 1 aliphatic carbocycles. The van der Waals surface area contributed by atoms with Crippen LogP contribution in [0.2, 0.25) is 0 Å². The van der Waals surface area contributed by atoms with E-state index in [9.17, 15) is 0 Å². The zero-order chi connectivity index (χ0) is 15.2. The molecule has 1 heterocycles. The Morgan fingerprint density at radius 1 is 1.38 bits per heavy atom. The maximum Gasteiger partial charge on any atom is 0.220 e. The van der Waals surface area contributed by atoms with Crippen molar-refractivity contribution in [3.05, 3.63) is 12.0 Å². The van der Waals surface area contributed by atoms with Gasteiger partial charge in [0.25, 0.3) is 0 Å². The minimum Gasteiger partial charge on any atom is -0.483 e. The lowest BCUT2D eigenvalue weighted by Crippen LogP contribution is -2.43. The Morgan fingerprint density at radius 3 is 2.57 bits per heavy atom. The van der Waals surface area contributed by atoms with Gasteiger partial charge in [-0.05, 0) is 46.7 Å². The SMILES string of the molecule is CC=NC(=NC1C=C(OC)N1)NC1CCC(N(C)C)CC1. The molecule has 6 heteroatoms. The molecule has 2 N–H and O–H groups in total. The molecule has 0 bridgehead atoms. The highest BCUT2D eigenvalue weighted by atomic mass is 16.5. The van der Waals surface area contributed by atoms with Gasteiger partial charge < -0.3 is 20.3 Å². The van der Waals surface area contributed by atoms with Crippen molar-refractivity contribution in [1.82, 2.24) is 15.5 Å². The van der Waals surface area contributed by atoms with E-state index in [-0.39, 0.29) is 6.17 Å². The minimum absolute atomic E-state index is 0.0377. The van der Waals surface area contributed by atoms with Crippen LogP contribution in [0.25, 0.3) is 0 Å². The van der Waals surface area contributed by atoms with Crippen molar-refractivity contribution in [3.63, 3.8) is 0 Å². The van der Waals surface area contributed by atoms with Crippen molar-refractivity contribution in [2.24, 2.45) is 9.98 Å². The van der Waals surface area contributed by atoms with Gasteiger partial charge in [0.05, 0.1) is 7.11 Å². The number of hydrogen-bond acceptors (Lipinski definition) is 4. The van der Waals surface area contributed by atoms with Crippen molar-refractivity contribution < 1.29 is 4.74 Å². The highest BCUT2D eigenvalue weighted by Crippen LogP contribution is 2.21. The first-order valence-corrected chi connectivity index (χ1v) is 7.64. The average molecular weight is 293 g/mol. The maximum atomic E-state index is 5.06. The molecule has 0 radical (unpaired) electrons. The molecule has 1 saturated carbocycles. The van der Waals surface area contributed by atoms with Crippen molar-refractivity contribution in [1.29, 1.82) is 0 Å². The molecule has 1 atom stereocenters. The van der Waals surface area contributed by atoms with Crippen molar-refractivity contribution in [2.75, 3.05) is 21.2 Å². The molecule has 118 valence electrons. The first-order valence-electron chi connectivity index (χ1n) is 7.64. The second kappa shape index (κ2) is 7.45. The van der Waals surface area contributed by atoms with Gasteiger partial charge in [0.2, 0.25) is 5.96 Å². The molecule has 6 nitrogen and oxygen atoms in total. The summed E-state index contributed by atoms with van der Waals surface area (Å²) >= 11 is 0. The van der Waals surface area contributed by atoms with Crippen LogP contribution in [-0.2, 0) is 4.74 Å². The van der Waals surface area contributed by atoms with E-state index in [1.54, 1.807) is 13.3 Å². The third-order valence-corrected chi connectivity index (χ3v) is 4.09. The Hall–Kier alpha value is -1.56. The van der Waals surface area contributed by atoms with Gasteiger partial charge in [-0.3, -0.25) is 0 Å². The largest absolute Gasteiger partial charge is 0.483 e. The zero-order valence-electron chi connectivity index (χ0n) is 13.5.